The Hall–Kier alpha value is -0.626. The third-order valence-electron chi connectivity index (χ3n) is 1.52. The average molecular weight is 293 g/mol. The Kier molecular flexibility index (Phi) is 6.84. The average Bonchev–Trinajstić information content (AvgIpc) is 2.12. The van der Waals surface area contributed by atoms with Crippen LogP contribution in [0.5, 0.6) is 0 Å². The second-order valence-electron chi connectivity index (χ2n) is 5.87. The summed E-state index contributed by atoms with van der Waals surface area (Å²) in [6, 6.07) is 0. The van der Waals surface area contributed by atoms with Gasteiger partial charge in [0.15, 0.2) is 0 Å². The Morgan fingerprint density at radius 1 is 0.667 bits per heavy atom. The molecule has 0 fully saturated rings. The molecule has 0 unspecified atom stereocenters. The van der Waals surface area contributed by atoms with Crippen molar-refractivity contribution in [3.8, 4) is 0 Å². The minimum atomic E-state index is -1.75. The van der Waals surface area contributed by atoms with Crippen molar-refractivity contribution in [2.45, 2.75) is 53.1 Å². The van der Waals surface area contributed by atoms with Gasteiger partial charge in [0.05, 0.1) is 13.2 Å². The predicted octanol–water partition coefficient (Wildman–Crippen LogP) is 3.89. The first-order chi connectivity index (χ1) is 8.09. The van der Waals surface area contributed by atoms with Crippen molar-refractivity contribution < 1.29 is 18.3 Å². The molecule has 0 radical (unpaired) electrons. The van der Waals surface area contributed by atoms with Crippen molar-refractivity contribution in [2.75, 3.05) is 13.2 Å². The fraction of sp³-hybridized carbons (Fsp3) is 0.833. The summed E-state index contributed by atoms with van der Waals surface area (Å²) in [6.45, 7) is 17.5. The molecule has 0 aromatic rings. The molecular weight excluding hydrogens is 264 g/mol. The molecule has 0 aromatic carbocycles. The molecule has 0 heterocycles. The normalized spacial score (nSPS) is 13.8. The molecule has 0 spiro atoms. The molecule has 0 aliphatic rings. The SMILES string of the molecule is CCO/C(O[Si](C)(C)C)=C(\OCC)O[Si](C)(C)C. The molecule has 0 rings (SSSR count). The Morgan fingerprint density at radius 2 is 0.944 bits per heavy atom. The zero-order chi connectivity index (χ0) is 14.4. The maximum absolute atomic E-state index is 5.91. The van der Waals surface area contributed by atoms with Gasteiger partial charge in [0, 0.05) is 0 Å². The molecule has 108 valence electrons. The zero-order valence-electron chi connectivity index (χ0n) is 13.0. The molecule has 0 saturated heterocycles. The van der Waals surface area contributed by atoms with E-state index in [1.165, 1.54) is 0 Å². The van der Waals surface area contributed by atoms with E-state index >= 15 is 0 Å². The van der Waals surface area contributed by atoms with E-state index in [0.717, 1.165) is 0 Å². The Bertz CT molecular complexity index is 249. The van der Waals surface area contributed by atoms with Gasteiger partial charge in [-0.1, -0.05) is 0 Å². The predicted molar refractivity (Wildman–Crippen MR) is 79.1 cm³/mol. The smallest absolute Gasteiger partial charge is 0.349 e. The Balaban J connectivity index is 5.14. The van der Waals surface area contributed by atoms with Crippen LogP contribution in [0.25, 0.3) is 0 Å². The first-order valence-electron chi connectivity index (χ1n) is 6.47. The van der Waals surface area contributed by atoms with Crippen molar-refractivity contribution in [3.63, 3.8) is 0 Å². The van der Waals surface area contributed by atoms with Crippen molar-refractivity contribution in [1.82, 2.24) is 0 Å². The molecule has 0 amide bonds. The summed E-state index contributed by atoms with van der Waals surface area (Å²) in [5.74, 6) is 0.807. The maximum Gasteiger partial charge on any atom is 0.349 e. The second kappa shape index (κ2) is 7.08. The molecule has 0 atom stereocenters. The largest absolute Gasteiger partial charge is 0.515 e. The fourth-order valence-corrected chi connectivity index (χ4v) is 2.48. The van der Waals surface area contributed by atoms with Crippen molar-refractivity contribution in [2.24, 2.45) is 0 Å². The third-order valence-corrected chi connectivity index (χ3v) is 3.11. The fourth-order valence-electron chi connectivity index (χ4n) is 1.08. The number of hydrogen-bond donors (Lipinski definition) is 0. The van der Waals surface area contributed by atoms with Gasteiger partial charge in [-0.2, -0.15) is 0 Å². The first-order valence-corrected chi connectivity index (χ1v) is 13.3. The van der Waals surface area contributed by atoms with Gasteiger partial charge < -0.3 is 18.3 Å². The molecule has 0 aliphatic carbocycles. The lowest BCUT2D eigenvalue weighted by Crippen LogP contribution is -2.30. The molecule has 0 N–H and O–H groups in total. The summed E-state index contributed by atoms with van der Waals surface area (Å²) in [5.41, 5.74) is 0. The lowest BCUT2D eigenvalue weighted by atomic mass is 10.8. The molecule has 0 bridgehead atoms. The van der Waals surface area contributed by atoms with Gasteiger partial charge in [-0.3, -0.25) is 0 Å². The Labute approximate surface area is 114 Å². The van der Waals surface area contributed by atoms with Crippen molar-refractivity contribution in [3.05, 3.63) is 11.9 Å². The highest BCUT2D eigenvalue weighted by Gasteiger charge is 2.27. The van der Waals surface area contributed by atoms with Crippen LogP contribution in [0.15, 0.2) is 11.9 Å². The number of hydrogen-bond acceptors (Lipinski definition) is 4. The van der Waals surface area contributed by atoms with Gasteiger partial charge >= 0.3 is 11.9 Å². The summed E-state index contributed by atoms with van der Waals surface area (Å²) in [4.78, 5) is 0. The minimum absolute atomic E-state index is 0.404. The maximum atomic E-state index is 5.91. The van der Waals surface area contributed by atoms with Crippen LogP contribution < -0.4 is 0 Å². The topological polar surface area (TPSA) is 36.9 Å². The summed E-state index contributed by atoms with van der Waals surface area (Å²) >= 11 is 0. The third kappa shape index (κ3) is 8.46. The molecule has 0 saturated carbocycles. The highest BCUT2D eigenvalue weighted by molar-refractivity contribution is 6.70. The van der Waals surface area contributed by atoms with Crippen LogP contribution in [0.3, 0.4) is 0 Å². The number of ether oxygens (including phenoxy) is 2. The van der Waals surface area contributed by atoms with E-state index in [9.17, 15) is 0 Å². The molecule has 0 aliphatic heterocycles. The molecule has 6 heteroatoms. The second-order valence-corrected chi connectivity index (χ2v) is 14.7. The van der Waals surface area contributed by atoms with Crippen LogP contribution >= 0.6 is 0 Å². The molecule has 18 heavy (non-hydrogen) atoms. The summed E-state index contributed by atoms with van der Waals surface area (Å²) in [5, 5.41) is 0. The zero-order valence-corrected chi connectivity index (χ0v) is 15.0. The summed E-state index contributed by atoms with van der Waals surface area (Å²) in [6.07, 6.45) is 0. The van der Waals surface area contributed by atoms with E-state index in [-0.39, 0.29) is 0 Å². The van der Waals surface area contributed by atoms with E-state index in [4.69, 9.17) is 18.3 Å². The number of rotatable bonds is 8. The van der Waals surface area contributed by atoms with Crippen LogP contribution in [-0.4, -0.2) is 29.8 Å². The van der Waals surface area contributed by atoms with Crippen LogP contribution in [-0.2, 0) is 18.3 Å². The summed E-state index contributed by atoms with van der Waals surface area (Å²) in [7, 11) is -3.50. The Morgan fingerprint density at radius 3 is 1.11 bits per heavy atom. The first kappa shape index (κ1) is 17.4. The molecule has 0 aromatic heterocycles. The van der Waals surface area contributed by atoms with Gasteiger partial charge in [-0.15, -0.1) is 0 Å². The van der Waals surface area contributed by atoms with Gasteiger partial charge in [0.2, 0.25) is 16.6 Å². The highest BCUT2D eigenvalue weighted by atomic mass is 28.4. The highest BCUT2D eigenvalue weighted by Crippen LogP contribution is 2.21. The quantitative estimate of drug-likeness (QED) is 0.502. The lowest BCUT2D eigenvalue weighted by molar-refractivity contribution is 0.0269. The van der Waals surface area contributed by atoms with Crippen molar-refractivity contribution in [1.29, 1.82) is 0 Å². The summed E-state index contributed by atoms with van der Waals surface area (Å²) < 4.78 is 22.9. The van der Waals surface area contributed by atoms with Gasteiger partial charge in [-0.05, 0) is 53.1 Å². The van der Waals surface area contributed by atoms with Crippen LogP contribution in [0.4, 0.5) is 0 Å². The van der Waals surface area contributed by atoms with Crippen LogP contribution in [0.1, 0.15) is 13.8 Å². The van der Waals surface area contributed by atoms with Crippen LogP contribution in [0.2, 0.25) is 39.3 Å². The van der Waals surface area contributed by atoms with E-state index in [1.54, 1.807) is 0 Å². The monoisotopic (exact) mass is 292 g/mol. The van der Waals surface area contributed by atoms with Crippen LogP contribution in [0, 0.1) is 0 Å². The van der Waals surface area contributed by atoms with E-state index < -0.39 is 16.6 Å². The molecular formula is C12H28O4Si2. The lowest BCUT2D eigenvalue weighted by Gasteiger charge is -2.26. The minimum Gasteiger partial charge on any atom is -0.515 e. The van der Waals surface area contributed by atoms with Gasteiger partial charge in [-0.25, -0.2) is 0 Å². The standard InChI is InChI=1S/C12H28O4Si2/c1-9-13-11(15-17(3,4)5)12(14-10-2)16-18(6,7)8/h9-10H2,1-8H3/b12-11-. The van der Waals surface area contributed by atoms with E-state index in [0.29, 0.717) is 25.1 Å². The molecule has 4 nitrogen and oxygen atoms in total. The van der Waals surface area contributed by atoms with Crippen molar-refractivity contribution >= 4 is 16.6 Å². The van der Waals surface area contributed by atoms with E-state index in [1.807, 2.05) is 13.8 Å². The van der Waals surface area contributed by atoms with E-state index in [2.05, 4.69) is 39.3 Å². The van der Waals surface area contributed by atoms with Gasteiger partial charge in [0.25, 0.3) is 0 Å². The van der Waals surface area contributed by atoms with Gasteiger partial charge in [0.1, 0.15) is 0 Å².